The third-order valence-electron chi connectivity index (χ3n) is 3.57. The predicted octanol–water partition coefficient (Wildman–Crippen LogP) is 2.38. The second-order valence-electron chi connectivity index (χ2n) is 5.52. The Bertz CT molecular complexity index is 626. The van der Waals surface area contributed by atoms with Gasteiger partial charge >= 0.3 is 0 Å². The molecule has 0 atom stereocenters. The van der Waals surface area contributed by atoms with Crippen LogP contribution in [0.2, 0.25) is 0 Å². The summed E-state index contributed by atoms with van der Waals surface area (Å²) in [4.78, 5) is 14.0. The highest BCUT2D eigenvalue weighted by atomic mass is 32.2. The smallest absolute Gasteiger partial charge is 0.248 e. The molecule has 0 aromatic heterocycles. The van der Waals surface area contributed by atoms with Gasteiger partial charge in [-0.1, -0.05) is 25.5 Å². The molecule has 21 heavy (non-hydrogen) atoms. The van der Waals surface area contributed by atoms with E-state index in [1.54, 1.807) is 23.1 Å². The number of carbonyl (C=O) groups is 1. The summed E-state index contributed by atoms with van der Waals surface area (Å²) in [6, 6.07) is 7.19. The van der Waals surface area contributed by atoms with Gasteiger partial charge in [0.25, 0.3) is 0 Å². The van der Waals surface area contributed by atoms with Crippen molar-refractivity contribution in [2.75, 3.05) is 21.5 Å². The molecule has 1 aliphatic rings. The van der Waals surface area contributed by atoms with Gasteiger partial charge in [-0.05, 0) is 32.4 Å². The van der Waals surface area contributed by atoms with E-state index in [2.05, 4.69) is 0 Å². The van der Waals surface area contributed by atoms with Crippen molar-refractivity contribution in [3.8, 4) is 0 Å². The Morgan fingerprint density at radius 2 is 1.81 bits per heavy atom. The predicted molar refractivity (Wildman–Crippen MR) is 85.1 cm³/mol. The molecule has 0 spiro atoms. The molecule has 1 heterocycles. The average Bonchev–Trinajstić information content (AvgIpc) is 2.43. The minimum absolute atomic E-state index is 0.000791. The van der Waals surface area contributed by atoms with Crippen molar-refractivity contribution in [1.82, 2.24) is 0 Å². The number of para-hydroxylation sites is 2. The van der Waals surface area contributed by atoms with Gasteiger partial charge in [-0.15, -0.1) is 0 Å². The first-order valence-corrected chi connectivity index (χ1v) is 8.91. The van der Waals surface area contributed by atoms with E-state index in [0.717, 1.165) is 6.42 Å². The lowest BCUT2D eigenvalue weighted by Crippen LogP contribution is -2.51. The van der Waals surface area contributed by atoms with Crippen molar-refractivity contribution in [2.24, 2.45) is 0 Å². The Balaban J connectivity index is 2.47. The van der Waals surface area contributed by atoms with Gasteiger partial charge in [0.2, 0.25) is 15.9 Å². The lowest BCUT2D eigenvalue weighted by molar-refractivity contribution is -0.117. The first-order chi connectivity index (χ1) is 9.88. The van der Waals surface area contributed by atoms with E-state index in [9.17, 15) is 13.2 Å². The molecular formula is C15H22N2O3S. The maximum absolute atomic E-state index is 12.5. The van der Waals surface area contributed by atoms with Crippen molar-refractivity contribution in [2.45, 2.75) is 39.7 Å². The number of sulfonamides is 1. The zero-order chi connectivity index (χ0) is 15.6. The zero-order valence-electron chi connectivity index (χ0n) is 12.7. The molecule has 2 rings (SSSR count). The largest absolute Gasteiger partial charge is 0.306 e. The van der Waals surface area contributed by atoms with E-state index in [4.69, 9.17) is 0 Å². The molecule has 1 aromatic carbocycles. The fraction of sp³-hybridized carbons (Fsp3) is 0.533. The number of rotatable bonds is 5. The number of benzene rings is 1. The van der Waals surface area contributed by atoms with Gasteiger partial charge in [-0.3, -0.25) is 9.10 Å². The molecule has 0 unspecified atom stereocenters. The number of hydrogen-bond donors (Lipinski definition) is 0. The number of nitrogens with zero attached hydrogens (tertiary/aromatic N) is 2. The Morgan fingerprint density at radius 1 is 1.19 bits per heavy atom. The minimum Gasteiger partial charge on any atom is -0.306 e. The Hall–Kier alpha value is -1.56. The molecular weight excluding hydrogens is 288 g/mol. The van der Waals surface area contributed by atoms with E-state index >= 15 is 0 Å². The molecule has 0 bridgehead atoms. The maximum atomic E-state index is 12.5. The van der Waals surface area contributed by atoms with Crippen LogP contribution in [0.1, 0.15) is 33.6 Å². The van der Waals surface area contributed by atoms with Crippen LogP contribution in [0.25, 0.3) is 0 Å². The summed E-state index contributed by atoms with van der Waals surface area (Å²) in [6.07, 6.45) is 1.41. The molecule has 1 aliphatic heterocycles. The summed E-state index contributed by atoms with van der Waals surface area (Å²) in [5.74, 6) is -0.101. The quantitative estimate of drug-likeness (QED) is 0.839. The van der Waals surface area contributed by atoms with Gasteiger partial charge in [-0.25, -0.2) is 8.42 Å². The fourth-order valence-electron chi connectivity index (χ4n) is 2.55. The van der Waals surface area contributed by atoms with Crippen molar-refractivity contribution >= 4 is 27.3 Å². The molecule has 1 amide bonds. The molecule has 0 saturated heterocycles. The van der Waals surface area contributed by atoms with Crippen molar-refractivity contribution < 1.29 is 13.2 Å². The number of fused-ring (bicyclic) bond motifs is 1. The van der Waals surface area contributed by atoms with E-state index in [-0.39, 0.29) is 24.2 Å². The van der Waals surface area contributed by atoms with Crippen LogP contribution >= 0.6 is 0 Å². The number of carbonyl (C=O) groups excluding carboxylic acids is 1. The summed E-state index contributed by atoms with van der Waals surface area (Å²) < 4.78 is 26.2. The Kier molecular flexibility index (Phi) is 4.56. The number of hydrogen-bond acceptors (Lipinski definition) is 3. The third-order valence-corrected chi connectivity index (χ3v) is 5.37. The van der Waals surface area contributed by atoms with E-state index in [1.807, 2.05) is 26.8 Å². The summed E-state index contributed by atoms with van der Waals surface area (Å²) in [6.45, 7) is 5.69. The summed E-state index contributed by atoms with van der Waals surface area (Å²) >= 11 is 0. The third kappa shape index (κ3) is 3.05. The number of amides is 1. The van der Waals surface area contributed by atoms with Gasteiger partial charge in [0.05, 0.1) is 17.1 Å². The highest BCUT2D eigenvalue weighted by Crippen LogP contribution is 2.36. The van der Waals surface area contributed by atoms with Crippen molar-refractivity contribution in [3.63, 3.8) is 0 Å². The van der Waals surface area contributed by atoms with E-state index < -0.39 is 10.0 Å². The molecule has 0 aliphatic carbocycles. The molecule has 1 aromatic rings. The molecule has 6 heteroatoms. The normalized spacial score (nSPS) is 15.5. The van der Waals surface area contributed by atoms with Gasteiger partial charge < -0.3 is 4.90 Å². The standard InChI is InChI=1S/C15H22N2O3S/c1-4-5-10-21(19,20)16-11-15(18)17(12(2)3)14-9-7-6-8-13(14)16/h6-9,12H,4-5,10-11H2,1-3H3. The highest BCUT2D eigenvalue weighted by molar-refractivity contribution is 7.92. The van der Waals surface area contributed by atoms with Crippen LogP contribution in [-0.2, 0) is 14.8 Å². The topological polar surface area (TPSA) is 57.7 Å². The Labute approximate surface area is 126 Å². The monoisotopic (exact) mass is 310 g/mol. The number of unbranched alkanes of at least 4 members (excludes halogenated alkanes) is 1. The lowest BCUT2D eigenvalue weighted by Gasteiger charge is -2.38. The zero-order valence-corrected chi connectivity index (χ0v) is 13.6. The van der Waals surface area contributed by atoms with Crippen molar-refractivity contribution in [3.05, 3.63) is 24.3 Å². The summed E-state index contributed by atoms with van der Waals surface area (Å²) in [7, 11) is -3.46. The molecule has 0 saturated carbocycles. The molecule has 0 N–H and O–H groups in total. The Morgan fingerprint density at radius 3 is 2.38 bits per heavy atom. The molecule has 5 nitrogen and oxygen atoms in total. The van der Waals surface area contributed by atoms with Crippen LogP contribution in [0.3, 0.4) is 0 Å². The number of anilines is 2. The van der Waals surface area contributed by atoms with Crippen LogP contribution in [0, 0.1) is 0 Å². The van der Waals surface area contributed by atoms with Crippen LogP contribution in [0.4, 0.5) is 11.4 Å². The average molecular weight is 310 g/mol. The molecule has 0 radical (unpaired) electrons. The fourth-order valence-corrected chi connectivity index (χ4v) is 4.18. The van der Waals surface area contributed by atoms with E-state index in [0.29, 0.717) is 17.8 Å². The second kappa shape index (κ2) is 6.05. The van der Waals surface area contributed by atoms with Crippen LogP contribution in [-0.4, -0.2) is 32.7 Å². The molecule has 116 valence electrons. The lowest BCUT2D eigenvalue weighted by atomic mass is 10.1. The van der Waals surface area contributed by atoms with Crippen molar-refractivity contribution in [1.29, 1.82) is 0 Å². The van der Waals surface area contributed by atoms with Crippen LogP contribution in [0.15, 0.2) is 24.3 Å². The van der Waals surface area contributed by atoms with E-state index in [1.165, 1.54) is 4.31 Å². The van der Waals surface area contributed by atoms with Gasteiger partial charge in [0, 0.05) is 6.04 Å². The SMILES string of the molecule is CCCCS(=O)(=O)N1CC(=O)N(C(C)C)c2ccccc21. The highest BCUT2D eigenvalue weighted by Gasteiger charge is 2.35. The minimum atomic E-state index is -3.46. The first-order valence-electron chi connectivity index (χ1n) is 7.30. The van der Waals surface area contributed by atoms with Gasteiger partial charge in [0.15, 0.2) is 0 Å². The van der Waals surface area contributed by atoms with Gasteiger partial charge in [0.1, 0.15) is 6.54 Å². The van der Waals surface area contributed by atoms with Gasteiger partial charge in [-0.2, -0.15) is 0 Å². The van der Waals surface area contributed by atoms with Crippen LogP contribution < -0.4 is 9.21 Å². The van der Waals surface area contributed by atoms with Crippen LogP contribution in [0.5, 0.6) is 0 Å². The maximum Gasteiger partial charge on any atom is 0.248 e. The second-order valence-corrected chi connectivity index (χ2v) is 7.54. The first kappa shape index (κ1) is 15.8. The summed E-state index contributed by atoms with van der Waals surface area (Å²) in [5, 5.41) is 0. The summed E-state index contributed by atoms with van der Waals surface area (Å²) in [5.41, 5.74) is 1.27. The molecule has 0 fully saturated rings.